The smallest absolute Gasteiger partial charge is 0.000270 e. The highest BCUT2D eigenvalue weighted by Crippen LogP contribution is 2.23. The van der Waals surface area contributed by atoms with Crippen LogP contribution in [0.4, 0.5) is 0 Å². The summed E-state index contributed by atoms with van der Waals surface area (Å²) in [6, 6.07) is 6.72. The molecule has 0 aliphatic rings. The van der Waals surface area contributed by atoms with Crippen LogP contribution in [0.5, 0.6) is 0 Å². The van der Waals surface area contributed by atoms with Crippen LogP contribution in [-0.4, -0.2) is 13.6 Å². The third-order valence-electron chi connectivity index (χ3n) is 2.83. The SMILES string of the molecule is CNCC(C)(C)Cc1cc(C)ccc1C. The van der Waals surface area contributed by atoms with E-state index in [1.54, 1.807) is 0 Å². The lowest BCUT2D eigenvalue weighted by molar-refractivity contribution is 0.349. The fourth-order valence-corrected chi connectivity index (χ4v) is 2.05. The van der Waals surface area contributed by atoms with E-state index in [0.29, 0.717) is 5.41 Å². The molecule has 0 spiro atoms. The summed E-state index contributed by atoms with van der Waals surface area (Å²) in [5.41, 5.74) is 4.57. The van der Waals surface area contributed by atoms with Gasteiger partial charge < -0.3 is 5.32 Å². The van der Waals surface area contributed by atoms with E-state index in [2.05, 4.69) is 51.2 Å². The van der Waals surface area contributed by atoms with Crippen molar-refractivity contribution in [1.29, 1.82) is 0 Å². The number of benzene rings is 1. The van der Waals surface area contributed by atoms with Gasteiger partial charge in [-0.3, -0.25) is 0 Å². The topological polar surface area (TPSA) is 12.0 Å². The van der Waals surface area contributed by atoms with Crippen LogP contribution >= 0.6 is 0 Å². The van der Waals surface area contributed by atoms with Gasteiger partial charge in [0.2, 0.25) is 0 Å². The largest absolute Gasteiger partial charge is 0.319 e. The molecule has 0 atom stereocenters. The van der Waals surface area contributed by atoms with Crippen LogP contribution in [0.1, 0.15) is 30.5 Å². The number of nitrogens with one attached hydrogen (secondary N) is 1. The van der Waals surface area contributed by atoms with Crippen molar-refractivity contribution >= 4 is 0 Å². The predicted molar refractivity (Wildman–Crippen MR) is 67.3 cm³/mol. The Bertz CT molecular complexity index is 326. The molecule has 1 heteroatoms. The second-order valence-corrected chi connectivity index (χ2v) is 5.30. The van der Waals surface area contributed by atoms with Crippen LogP contribution < -0.4 is 5.32 Å². The molecule has 0 aliphatic carbocycles. The highest BCUT2D eigenvalue weighted by molar-refractivity contribution is 5.31. The van der Waals surface area contributed by atoms with Crippen molar-refractivity contribution in [3.63, 3.8) is 0 Å². The first-order valence-corrected chi connectivity index (χ1v) is 5.65. The zero-order chi connectivity index (χ0) is 11.5. The quantitative estimate of drug-likeness (QED) is 0.796. The molecule has 0 fully saturated rings. The monoisotopic (exact) mass is 205 g/mol. The summed E-state index contributed by atoms with van der Waals surface area (Å²) < 4.78 is 0. The Labute approximate surface area is 93.9 Å². The highest BCUT2D eigenvalue weighted by Gasteiger charge is 2.18. The van der Waals surface area contributed by atoms with Gasteiger partial charge in [-0.2, -0.15) is 0 Å². The molecular weight excluding hydrogens is 182 g/mol. The molecule has 1 nitrogen and oxygen atoms in total. The maximum atomic E-state index is 3.26. The molecule has 0 saturated heterocycles. The van der Waals surface area contributed by atoms with Crippen LogP contribution in [-0.2, 0) is 6.42 Å². The van der Waals surface area contributed by atoms with Gasteiger partial charge in [0.05, 0.1) is 0 Å². The van der Waals surface area contributed by atoms with Crippen LogP contribution in [0, 0.1) is 19.3 Å². The molecule has 0 radical (unpaired) electrons. The summed E-state index contributed by atoms with van der Waals surface area (Å²) in [6.07, 6.45) is 1.14. The van der Waals surface area contributed by atoms with Crippen LogP contribution in [0.2, 0.25) is 0 Å². The molecule has 84 valence electrons. The van der Waals surface area contributed by atoms with Gasteiger partial charge in [0.1, 0.15) is 0 Å². The van der Waals surface area contributed by atoms with E-state index in [-0.39, 0.29) is 0 Å². The third-order valence-corrected chi connectivity index (χ3v) is 2.83. The zero-order valence-corrected chi connectivity index (χ0v) is 10.6. The first kappa shape index (κ1) is 12.3. The molecule has 0 amide bonds. The summed E-state index contributed by atoms with van der Waals surface area (Å²) in [4.78, 5) is 0. The first-order valence-electron chi connectivity index (χ1n) is 5.65. The highest BCUT2D eigenvalue weighted by atomic mass is 14.8. The zero-order valence-electron chi connectivity index (χ0n) is 10.6. The molecule has 1 aromatic carbocycles. The second-order valence-electron chi connectivity index (χ2n) is 5.30. The van der Waals surface area contributed by atoms with Gasteiger partial charge in [-0.15, -0.1) is 0 Å². The second kappa shape index (κ2) is 4.80. The Kier molecular flexibility index (Phi) is 3.92. The Morgan fingerprint density at radius 2 is 1.87 bits per heavy atom. The first-order chi connectivity index (χ1) is 6.94. The van der Waals surface area contributed by atoms with Gasteiger partial charge in [0.25, 0.3) is 0 Å². The number of aryl methyl sites for hydroxylation is 2. The Balaban J connectivity index is 2.83. The molecule has 0 unspecified atom stereocenters. The van der Waals surface area contributed by atoms with Crippen molar-refractivity contribution in [3.8, 4) is 0 Å². The molecule has 0 aromatic heterocycles. The lowest BCUT2D eigenvalue weighted by atomic mass is 9.84. The van der Waals surface area contributed by atoms with Crippen LogP contribution in [0.25, 0.3) is 0 Å². The average molecular weight is 205 g/mol. The summed E-state index contributed by atoms with van der Waals surface area (Å²) >= 11 is 0. The minimum Gasteiger partial charge on any atom is -0.319 e. The molecule has 0 aliphatic heterocycles. The maximum absolute atomic E-state index is 3.26. The standard InChI is InChI=1S/C14H23N/c1-11-6-7-12(2)13(8-11)9-14(3,4)10-15-5/h6-8,15H,9-10H2,1-5H3. The lowest BCUT2D eigenvalue weighted by Gasteiger charge is -2.25. The molecule has 15 heavy (non-hydrogen) atoms. The van der Waals surface area contributed by atoms with Crippen molar-refractivity contribution in [2.45, 2.75) is 34.1 Å². The van der Waals surface area contributed by atoms with E-state index in [1.165, 1.54) is 16.7 Å². The normalized spacial score (nSPS) is 11.8. The maximum Gasteiger partial charge on any atom is 0.000270 e. The predicted octanol–water partition coefficient (Wildman–Crippen LogP) is 3.09. The van der Waals surface area contributed by atoms with Crippen molar-refractivity contribution in [3.05, 3.63) is 34.9 Å². The van der Waals surface area contributed by atoms with Gasteiger partial charge in [0.15, 0.2) is 0 Å². The van der Waals surface area contributed by atoms with Crippen molar-refractivity contribution in [2.75, 3.05) is 13.6 Å². The van der Waals surface area contributed by atoms with E-state index < -0.39 is 0 Å². The summed E-state index contributed by atoms with van der Waals surface area (Å²) in [6.45, 7) is 10.0. The number of hydrogen-bond donors (Lipinski definition) is 1. The molecular formula is C14H23N. The molecule has 0 saturated carbocycles. The van der Waals surface area contributed by atoms with E-state index in [4.69, 9.17) is 0 Å². The molecule has 0 bridgehead atoms. The van der Waals surface area contributed by atoms with Crippen LogP contribution in [0.15, 0.2) is 18.2 Å². The van der Waals surface area contributed by atoms with E-state index in [1.807, 2.05) is 7.05 Å². The summed E-state index contributed by atoms with van der Waals surface area (Å²) in [7, 11) is 2.02. The lowest BCUT2D eigenvalue weighted by Crippen LogP contribution is -2.29. The fourth-order valence-electron chi connectivity index (χ4n) is 2.05. The third kappa shape index (κ3) is 3.67. The van der Waals surface area contributed by atoms with Crippen molar-refractivity contribution in [1.82, 2.24) is 5.32 Å². The van der Waals surface area contributed by atoms with E-state index >= 15 is 0 Å². The Hall–Kier alpha value is -0.820. The van der Waals surface area contributed by atoms with Crippen molar-refractivity contribution < 1.29 is 0 Å². The van der Waals surface area contributed by atoms with E-state index in [0.717, 1.165) is 13.0 Å². The molecule has 0 heterocycles. The minimum absolute atomic E-state index is 0.327. The average Bonchev–Trinajstić information content (AvgIpc) is 2.10. The number of rotatable bonds is 4. The van der Waals surface area contributed by atoms with Gasteiger partial charge in [-0.1, -0.05) is 37.6 Å². The summed E-state index contributed by atoms with van der Waals surface area (Å²) in [5.74, 6) is 0. The van der Waals surface area contributed by atoms with Crippen molar-refractivity contribution in [2.24, 2.45) is 5.41 Å². The van der Waals surface area contributed by atoms with Gasteiger partial charge in [0, 0.05) is 6.54 Å². The Morgan fingerprint density at radius 3 is 2.47 bits per heavy atom. The minimum atomic E-state index is 0.327. The molecule has 1 aromatic rings. The molecule has 1 N–H and O–H groups in total. The number of hydrogen-bond acceptors (Lipinski definition) is 1. The summed E-state index contributed by atoms with van der Waals surface area (Å²) in [5, 5.41) is 3.26. The van der Waals surface area contributed by atoms with E-state index in [9.17, 15) is 0 Å². The van der Waals surface area contributed by atoms with Gasteiger partial charge >= 0.3 is 0 Å². The molecule has 1 rings (SSSR count). The van der Waals surface area contributed by atoms with Gasteiger partial charge in [-0.25, -0.2) is 0 Å². The fraction of sp³-hybridized carbons (Fsp3) is 0.571. The Morgan fingerprint density at radius 1 is 1.20 bits per heavy atom. The van der Waals surface area contributed by atoms with Gasteiger partial charge in [-0.05, 0) is 43.9 Å². The van der Waals surface area contributed by atoms with Crippen LogP contribution in [0.3, 0.4) is 0 Å².